The predicted octanol–water partition coefficient (Wildman–Crippen LogP) is -2.57. The Morgan fingerprint density at radius 3 is 2.07 bits per heavy atom. The Kier molecular flexibility index (Phi) is 12.3. The fourth-order valence-electron chi connectivity index (χ4n) is 1.95. The first kappa shape index (κ1) is 26.0. The second-order valence-electron chi connectivity index (χ2n) is 5.93. The summed E-state index contributed by atoms with van der Waals surface area (Å²) < 4.78 is 0. The summed E-state index contributed by atoms with van der Waals surface area (Å²) in [6.07, 6.45) is 1.70. The van der Waals surface area contributed by atoms with Crippen LogP contribution in [-0.4, -0.2) is 76.6 Å². The Morgan fingerprint density at radius 1 is 1.04 bits per heavy atom. The second kappa shape index (κ2) is 13.2. The molecule has 8 N–H and O–H groups in total. The van der Waals surface area contributed by atoms with Gasteiger partial charge in [0.05, 0.1) is 12.5 Å². The molecule has 4 amide bonds. The van der Waals surface area contributed by atoms with E-state index < -0.39 is 53.8 Å². The van der Waals surface area contributed by atoms with Crippen LogP contribution >= 0.6 is 24.4 Å². The van der Waals surface area contributed by atoms with Crippen molar-refractivity contribution >= 4 is 54.0 Å². The molecule has 0 aliphatic rings. The van der Waals surface area contributed by atoms with Crippen LogP contribution in [0.5, 0.6) is 0 Å². The monoisotopic (exact) mass is 437 g/mol. The zero-order chi connectivity index (χ0) is 21.9. The quantitative estimate of drug-likeness (QED) is 0.153. The number of aliphatic carboxylic acids is 1. The molecule has 160 valence electrons. The Balaban J connectivity index is 4.95. The number of hydrogen-bond acceptors (Lipinski definition) is 8. The number of carbonyl (C=O) groups is 5. The van der Waals surface area contributed by atoms with Crippen LogP contribution in [0.3, 0.4) is 0 Å². The first-order valence-corrected chi connectivity index (χ1v) is 10.3. The van der Waals surface area contributed by atoms with Crippen LogP contribution in [0, 0.1) is 0 Å². The third-order valence-corrected chi connectivity index (χ3v) is 4.56. The van der Waals surface area contributed by atoms with Crippen molar-refractivity contribution in [2.24, 2.45) is 11.5 Å². The fraction of sp³-hybridized carbons (Fsp3) is 0.667. The minimum absolute atomic E-state index is 0.119. The van der Waals surface area contributed by atoms with Gasteiger partial charge >= 0.3 is 5.97 Å². The number of thiol groups is 1. The number of carbonyl (C=O) groups excluding carboxylic acids is 4. The third kappa shape index (κ3) is 9.80. The lowest BCUT2D eigenvalue weighted by molar-refractivity contribution is -0.141. The van der Waals surface area contributed by atoms with Crippen molar-refractivity contribution in [3.8, 4) is 0 Å². The smallest absolute Gasteiger partial charge is 0.327 e. The van der Waals surface area contributed by atoms with Gasteiger partial charge in [-0.15, -0.1) is 0 Å². The average molecular weight is 438 g/mol. The maximum absolute atomic E-state index is 12.5. The van der Waals surface area contributed by atoms with Gasteiger partial charge in [0, 0.05) is 5.75 Å². The molecule has 0 aromatic rings. The van der Waals surface area contributed by atoms with Gasteiger partial charge in [0.25, 0.3) is 0 Å². The van der Waals surface area contributed by atoms with Gasteiger partial charge in [0.1, 0.15) is 18.1 Å². The minimum Gasteiger partial charge on any atom is -0.480 e. The van der Waals surface area contributed by atoms with E-state index in [1.165, 1.54) is 18.7 Å². The van der Waals surface area contributed by atoms with E-state index in [9.17, 15) is 24.0 Å². The molecule has 0 bridgehead atoms. The standard InChI is InChI=1S/C15H27N5O6S2/c1-7(12(22)20-10(6-27)15(25)26)18-14(24)9(3-4-28-2)19-13(23)8(16)5-11(17)21/h7-10,27H,3-6,16H2,1-2H3,(H2,17,21)(H,18,24)(H,19,23)(H,20,22)(H,25,26). The molecule has 28 heavy (non-hydrogen) atoms. The predicted molar refractivity (Wildman–Crippen MR) is 108 cm³/mol. The molecular formula is C15H27N5O6S2. The SMILES string of the molecule is CSCCC(NC(=O)C(N)CC(N)=O)C(=O)NC(C)C(=O)NC(CS)C(=O)O. The molecule has 0 heterocycles. The molecule has 0 saturated carbocycles. The van der Waals surface area contributed by atoms with Crippen LogP contribution in [0.4, 0.5) is 0 Å². The lowest BCUT2D eigenvalue weighted by Crippen LogP contribution is -2.56. The van der Waals surface area contributed by atoms with E-state index in [1.807, 2.05) is 6.26 Å². The Labute approximate surface area is 172 Å². The number of carboxylic acid groups (broad SMARTS) is 1. The lowest BCUT2D eigenvalue weighted by atomic mass is 10.1. The zero-order valence-corrected chi connectivity index (χ0v) is 17.3. The van der Waals surface area contributed by atoms with Gasteiger partial charge in [0.15, 0.2) is 0 Å². The van der Waals surface area contributed by atoms with Crippen molar-refractivity contribution in [1.82, 2.24) is 16.0 Å². The molecule has 4 unspecified atom stereocenters. The summed E-state index contributed by atoms with van der Waals surface area (Å²) in [6, 6.07) is -4.44. The first-order chi connectivity index (χ1) is 13.0. The summed E-state index contributed by atoms with van der Waals surface area (Å²) in [5.74, 6) is -3.68. The number of amides is 4. The number of nitrogens with two attached hydrogens (primary N) is 2. The summed E-state index contributed by atoms with van der Waals surface area (Å²) in [5, 5.41) is 16.0. The normalized spacial score (nSPS) is 14.9. The summed E-state index contributed by atoms with van der Waals surface area (Å²) in [4.78, 5) is 58.4. The number of carboxylic acids is 1. The molecule has 0 aromatic carbocycles. The highest BCUT2D eigenvalue weighted by Gasteiger charge is 2.28. The molecule has 0 rings (SSSR count). The Morgan fingerprint density at radius 2 is 1.61 bits per heavy atom. The summed E-state index contributed by atoms with van der Waals surface area (Å²) >= 11 is 5.29. The Hall–Kier alpha value is -1.99. The minimum atomic E-state index is -1.25. The summed E-state index contributed by atoms with van der Waals surface area (Å²) in [7, 11) is 0. The van der Waals surface area contributed by atoms with Gasteiger partial charge < -0.3 is 32.5 Å². The van der Waals surface area contributed by atoms with Crippen molar-refractivity contribution in [3.05, 3.63) is 0 Å². The number of hydrogen-bond donors (Lipinski definition) is 7. The zero-order valence-electron chi connectivity index (χ0n) is 15.6. The van der Waals surface area contributed by atoms with Crippen LogP contribution in [0.15, 0.2) is 0 Å². The van der Waals surface area contributed by atoms with Crippen LogP contribution in [0.25, 0.3) is 0 Å². The van der Waals surface area contributed by atoms with Crippen LogP contribution in [0.2, 0.25) is 0 Å². The molecule has 13 heteroatoms. The molecule has 0 radical (unpaired) electrons. The van der Waals surface area contributed by atoms with Crippen LogP contribution in [-0.2, 0) is 24.0 Å². The summed E-state index contributed by atoms with van der Waals surface area (Å²) in [5.41, 5.74) is 10.6. The van der Waals surface area contributed by atoms with E-state index in [4.69, 9.17) is 16.6 Å². The molecule has 0 saturated heterocycles. The maximum Gasteiger partial charge on any atom is 0.327 e. The number of primary amides is 1. The van der Waals surface area contributed by atoms with Crippen molar-refractivity contribution < 1.29 is 29.1 Å². The third-order valence-electron chi connectivity index (χ3n) is 3.55. The largest absolute Gasteiger partial charge is 0.480 e. The van der Waals surface area contributed by atoms with E-state index in [-0.39, 0.29) is 18.6 Å². The topological polar surface area (TPSA) is 194 Å². The van der Waals surface area contributed by atoms with Gasteiger partial charge in [-0.2, -0.15) is 24.4 Å². The van der Waals surface area contributed by atoms with Gasteiger partial charge in [-0.1, -0.05) is 0 Å². The van der Waals surface area contributed by atoms with Crippen LogP contribution < -0.4 is 27.4 Å². The average Bonchev–Trinajstić information content (AvgIpc) is 2.61. The highest BCUT2D eigenvalue weighted by atomic mass is 32.2. The van der Waals surface area contributed by atoms with Crippen molar-refractivity contribution in [2.75, 3.05) is 17.8 Å². The molecule has 11 nitrogen and oxygen atoms in total. The van der Waals surface area contributed by atoms with Crippen LogP contribution in [0.1, 0.15) is 19.8 Å². The van der Waals surface area contributed by atoms with Gasteiger partial charge in [0.2, 0.25) is 23.6 Å². The molecule has 0 aliphatic carbocycles. The van der Waals surface area contributed by atoms with Crippen molar-refractivity contribution in [1.29, 1.82) is 0 Å². The molecule has 4 atom stereocenters. The maximum atomic E-state index is 12.5. The molecule has 0 spiro atoms. The second-order valence-corrected chi connectivity index (χ2v) is 7.28. The first-order valence-electron chi connectivity index (χ1n) is 8.31. The van der Waals surface area contributed by atoms with E-state index in [0.29, 0.717) is 5.75 Å². The molecular weight excluding hydrogens is 410 g/mol. The van der Waals surface area contributed by atoms with E-state index in [2.05, 4.69) is 28.6 Å². The van der Waals surface area contributed by atoms with Gasteiger partial charge in [-0.25, -0.2) is 4.79 Å². The van der Waals surface area contributed by atoms with E-state index >= 15 is 0 Å². The van der Waals surface area contributed by atoms with E-state index in [1.54, 1.807) is 0 Å². The van der Waals surface area contributed by atoms with Gasteiger partial charge in [-0.3, -0.25) is 19.2 Å². The summed E-state index contributed by atoms with van der Waals surface area (Å²) in [6.45, 7) is 1.37. The van der Waals surface area contributed by atoms with Crippen molar-refractivity contribution in [2.45, 2.75) is 43.9 Å². The Bertz CT molecular complexity index is 591. The molecule has 0 fully saturated rings. The van der Waals surface area contributed by atoms with Crippen molar-refractivity contribution in [3.63, 3.8) is 0 Å². The highest BCUT2D eigenvalue weighted by molar-refractivity contribution is 7.98. The lowest BCUT2D eigenvalue weighted by Gasteiger charge is -2.23. The number of rotatable bonds is 13. The number of nitrogens with one attached hydrogen (secondary N) is 3. The highest BCUT2D eigenvalue weighted by Crippen LogP contribution is 2.03. The number of thioether (sulfide) groups is 1. The fourth-order valence-corrected chi connectivity index (χ4v) is 2.67. The van der Waals surface area contributed by atoms with Gasteiger partial charge in [-0.05, 0) is 25.4 Å². The molecule has 0 aromatic heterocycles. The van der Waals surface area contributed by atoms with E-state index in [0.717, 1.165) is 0 Å². The molecule has 0 aliphatic heterocycles.